The van der Waals surface area contributed by atoms with E-state index in [1.165, 1.54) is 30.2 Å². The molecule has 2 unspecified atom stereocenters. The molecule has 1 saturated heterocycles. The van der Waals surface area contributed by atoms with Crippen LogP contribution in [-0.2, 0) is 10.3 Å². The quantitative estimate of drug-likeness (QED) is 0.289. The van der Waals surface area contributed by atoms with Crippen molar-refractivity contribution in [1.29, 1.82) is 0 Å². The summed E-state index contributed by atoms with van der Waals surface area (Å²) in [7, 11) is 3.53. The number of methoxy groups -OCH3 is 1. The van der Waals surface area contributed by atoms with Crippen LogP contribution in [0.25, 0.3) is 0 Å². The van der Waals surface area contributed by atoms with Gasteiger partial charge >= 0.3 is 6.09 Å². The number of carboxylic acid groups (broad SMARTS) is 1. The third-order valence-corrected chi connectivity index (χ3v) is 8.72. The van der Waals surface area contributed by atoms with Crippen molar-refractivity contribution in [2.24, 2.45) is 17.8 Å². The number of nitrogens with zero attached hydrogens (tertiary/aromatic N) is 1. The minimum Gasteiger partial charge on any atom is -0.465 e. The van der Waals surface area contributed by atoms with E-state index in [4.69, 9.17) is 16.3 Å². The maximum absolute atomic E-state index is 15.5. The predicted molar refractivity (Wildman–Crippen MR) is 141 cm³/mol. The van der Waals surface area contributed by atoms with Crippen LogP contribution in [0.1, 0.15) is 76.2 Å². The molecule has 0 spiro atoms. The fourth-order valence-corrected chi connectivity index (χ4v) is 6.98. The molecule has 2 aliphatic rings. The van der Waals surface area contributed by atoms with E-state index in [1.54, 1.807) is 19.2 Å². The molecule has 6 nitrogen and oxygen atoms in total. The third-order valence-electron chi connectivity index (χ3n) is 8.43. The summed E-state index contributed by atoms with van der Waals surface area (Å²) in [5.74, 6) is -0.489. The highest BCUT2D eigenvalue weighted by Crippen LogP contribution is 2.47. The lowest BCUT2D eigenvalue weighted by atomic mass is 9.65. The first kappa shape index (κ1) is 29.2. The number of piperidine rings is 1. The van der Waals surface area contributed by atoms with Crippen LogP contribution in [0.4, 0.5) is 9.18 Å². The summed E-state index contributed by atoms with van der Waals surface area (Å²) in [5.41, 5.74) is -1.37. The fraction of sp³-hybridized carbons (Fsp3) is 0.750. The lowest BCUT2D eigenvalue weighted by Gasteiger charge is -2.51. The molecule has 1 heterocycles. The minimum atomic E-state index is -1.54. The SMILES string of the molecule is CNC[C@H](CC1CCCCC1)C1C([C@@](O)(CCCCOC)c2cccc(Cl)c2F)CCCN1C(=O)O. The van der Waals surface area contributed by atoms with Gasteiger partial charge in [0.2, 0.25) is 0 Å². The maximum atomic E-state index is 15.5. The molecule has 2 fully saturated rings. The molecule has 1 amide bonds. The Hall–Kier alpha value is -1.41. The molecule has 1 aliphatic carbocycles. The Labute approximate surface area is 220 Å². The third kappa shape index (κ3) is 6.91. The molecule has 4 atom stereocenters. The summed E-state index contributed by atoms with van der Waals surface area (Å²) >= 11 is 6.18. The van der Waals surface area contributed by atoms with E-state index in [0.717, 1.165) is 25.7 Å². The van der Waals surface area contributed by atoms with Crippen LogP contribution in [-0.4, -0.2) is 61.1 Å². The number of ether oxygens (including phenoxy) is 1. The first-order valence-corrected chi connectivity index (χ1v) is 14.0. The Balaban J connectivity index is 2.04. The average Bonchev–Trinajstić information content (AvgIpc) is 2.88. The van der Waals surface area contributed by atoms with Gasteiger partial charge in [-0.05, 0) is 70.0 Å². The van der Waals surface area contributed by atoms with E-state index >= 15 is 4.39 Å². The molecule has 0 radical (unpaired) electrons. The highest BCUT2D eigenvalue weighted by molar-refractivity contribution is 6.30. The summed E-state index contributed by atoms with van der Waals surface area (Å²) in [5, 5.41) is 25.9. The molecule has 1 aliphatic heterocycles. The summed E-state index contributed by atoms with van der Waals surface area (Å²) in [6, 6.07) is 4.35. The number of likely N-dealkylation sites (tertiary alicyclic amines) is 1. The van der Waals surface area contributed by atoms with Crippen molar-refractivity contribution < 1.29 is 24.1 Å². The topological polar surface area (TPSA) is 82.0 Å². The number of benzene rings is 1. The molecule has 3 N–H and O–H groups in total. The molecule has 8 heteroatoms. The highest BCUT2D eigenvalue weighted by atomic mass is 35.5. The Morgan fingerprint density at radius 1 is 1.25 bits per heavy atom. The molecular formula is C28H44ClFN2O4. The average molecular weight is 527 g/mol. The van der Waals surface area contributed by atoms with E-state index in [0.29, 0.717) is 51.3 Å². The van der Waals surface area contributed by atoms with Gasteiger partial charge in [0, 0.05) is 37.8 Å². The molecule has 3 rings (SSSR count). The van der Waals surface area contributed by atoms with Crippen LogP contribution >= 0.6 is 11.6 Å². The minimum absolute atomic E-state index is 0.0206. The molecule has 1 saturated carbocycles. The van der Waals surface area contributed by atoms with Gasteiger partial charge in [0.25, 0.3) is 0 Å². The van der Waals surface area contributed by atoms with Gasteiger partial charge in [-0.15, -0.1) is 0 Å². The number of carbonyl (C=O) groups is 1. The van der Waals surface area contributed by atoms with Crippen LogP contribution in [0.5, 0.6) is 0 Å². The molecular weight excluding hydrogens is 483 g/mol. The Morgan fingerprint density at radius 2 is 2.00 bits per heavy atom. The second kappa shape index (κ2) is 13.9. The maximum Gasteiger partial charge on any atom is 0.407 e. The van der Waals surface area contributed by atoms with E-state index in [1.807, 2.05) is 7.05 Å². The zero-order valence-electron chi connectivity index (χ0n) is 21.9. The number of halogens is 2. The Bertz CT molecular complexity index is 838. The molecule has 204 valence electrons. The normalized spacial score (nSPS) is 23.9. The molecule has 36 heavy (non-hydrogen) atoms. The molecule has 0 bridgehead atoms. The number of nitrogens with one attached hydrogen (secondary N) is 1. The number of unbranched alkanes of at least 4 members (excludes halogenated alkanes) is 1. The first-order chi connectivity index (χ1) is 17.3. The van der Waals surface area contributed by atoms with E-state index in [2.05, 4.69) is 5.32 Å². The largest absolute Gasteiger partial charge is 0.465 e. The second-order valence-electron chi connectivity index (χ2n) is 10.7. The smallest absolute Gasteiger partial charge is 0.407 e. The van der Waals surface area contributed by atoms with Crippen molar-refractivity contribution in [1.82, 2.24) is 10.2 Å². The van der Waals surface area contributed by atoms with Gasteiger partial charge in [-0.3, -0.25) is 0 Å². The summed E-state index contributed by atoms with van der Waals surface area (Å²) in [6.07, 6.45) is 8.88. The summed E-state index contributed by atoms with van der Waals surface area (Å²) in [6.45, 7) is 1.63. The number of hydrogen-bond acceptors (Lipinski definition) is 4. The standard InChI is InChI=1S/C28H44ClFN2O4/c1-31-19-21(18-20-10-4-3-5-11-20)26-23(13-9-16-32(26)27(33)34)28(35,15-6-7-17-36-2)22-12-8-14-24(29)25(22)30/h8,12,14,20-21,23,26,31,35H,3-7,9-11,13,15-19H2,1-2H3,(H,33,34)/t21-,23?,26?,28+/m0/s1. The zero-order valence-corrected chi connectivity index (χ0v) is 22.6. The number of aliphatic hydroxyl groups is 1. The van der Waals surface area contributed by atoms with Gasteiger partial charge in [-0.1, -0.05) is 55.8 Å². The van der Waals surface area contributed by atoms with Crippen LogP contribution in [0, 0.1) is 23.6 Å². The Kier molecular flexibility index (Phi) is 11.3. The van der Waals surface area contributed by atoms with E-state index in [9.17, 15) is 15.0 Å². The molecule has 1 aromatic carbocycles. The fourth-order valence-electron chi connectivity index (χ4n) is 6.80. The highest BCUT2D eigenvalue weighted by Gasteiger charge is 2.51. The lowest BCUT2D eigenvalue weighted by Crippen LogP contribution is -2.59. The number of amides is 1. The van der Waals surface area contributed by atoms with Gasteiger partial charge in [-0.2, -0.15) is 0 Å². The molecule has 0 aromatic heterocycles. The van der Waals surface area contributed by atoms with Gasteiger partial charge in [0.1, 0.15) is 5.82 Å². The zero-order chi connectivity index (χ0) is 26.1. The van der Waals surface area contributed by atoms with Crippen LogP contribution < -0.4 is 5.32 Å². The van der Waals surface area contributed by atoms with Crippen molar-refractivity contribution in [2.75, 3.05) is 33.9 Å². The monoisotopic (exact) mass is 526 g/mol. The van der Waals surface area contributed by atoms with Crippen molar-refractivity contribution in [3.8, 4) is 0 Å². The molecule has 1 aromatic rings. The van der Waals surface area contributed by atoms with Gasteiger partial charge < -0.3 is 25.2 Å². The van der Waals surface area contributed by atoms with Crippen molar-refractivity contribution in [3.63, 3.8) is 0 Å². The second-order valence-corrected chi connectivity index (χ2v) is 11.2. The van der Waals surface area contributed by atoms with Crippen LogP contribution in [0.15, 0.2) is 18.2 Å². The van der Waals surface area contributed by atoms with Crippen molar-refractivity contribution in [3.05, 3.63) is 34.6 Å². The van der Waals surface area contributed by atoms with Gasteiger partial charge in [0.15, 0.2) is 0 Å². The van der Waals surface area contributed by atoms with Crippen LogP contribution in [0.3, 0.4) is 0 Å². The Morgan fingerprint density at radius 3 is 2.67 bits per heavy atom. The number of hydrogen-bond donors (Lipinski definition) is 3. The van der Waals surface area contributed by atoms with Crippen molar-refractivity contribution in [2.45, 2.75) is 82.3 Å². The van der Waals surface area contributed by atoms with Crippen molar-refractivity contribution >= 4 is 17.7 Å². The number of rotatable bonds is 12. The first-order valence-electron chi connectivity index (χ1n) is 13.6. The lowest BCUT2D eigenvalue weighted by molar-refractivity contribution is -0.0992. The van der Waals surface area contributed by atoms with Crippen LogP contribution in [0.2, 0.25) is 5.02 Å². The summed E-state index contributed by atoms with van der Waals surface area (Å²) < 4.78 is 20.7. The van der Waals surface area contributed by atoms with Gasteiger partial charge in [-0.25, -0.2) is 9.18 Å². The summed E-state index contributed by atoms with van der Waals surface area (Å²) in [4.78, 5) is 14.0. The van der Waals surface area contributed by atoms with E-state index < -0.39 is 29.5 Å². The predicted octanol–water partition coefficient (Wildman–Crippen LogP) is 6.05. The van der Waals surface area contributed by atoms with Gasteiger partial charge in [0.05, 0.1) is 10.6 Å². The van der Waals surface area contributed by atoms with E-state index in [-0.39, 0.29) is 16.5 Å².